The van der Waals surface area contributed by atoms with E-state index in [2.05, 4.69) is 33.0 Å². The summed E-state index contributed by atoms with van der Waals surface area (Å²) in [4.78, 5) is 84.0. The monoisotopic (exact) mass is 1100 g/mol. The van der Waals surface area contributed by atoms with E-state index in [9.17, 15) is 28.8 Å². The van der Waals surface area contributed by atoms with Crippen molar-refractivity contribution in [2.24, 2.45) is 5.92 Å². The molecule has 0 bridgehead atoms. The van der Waals surface area contributed by atoms with Crippen molar-refractivity contribution in [2.75, 3.05) is 105 Å². The Balaban J connectivity index is 0.758. The quantitative estimate of drug-likeness (QED) is 0.0510. The van der Waals surface area contributed by atoms with Crippen molar-refractivity contribution in [3.8, 4) is 11.1 Å². The molecule has 4 aromatic carbocycles. The third-order valence-corrected chi connectivity index (χ3v) is 14.5. The molecule has 19 nitrogen and oxygen atoms in total. The maximum Gasteiger partial charge on any atom is 0.410 e. The fraction of sp³-hybridized carbons (Fsp3) is 0.483. The van der Waals surface area contributed by atoms with Crippen LogP contribution in [0.1, 0.15) is 91.5 Å². The van der Waals surface area contributed by atoms with Crippen LogP contribution in [-0.4, -0.2) is 172 Å². The summed E-state index contributed by atoms with van der Waals surface area (Å²) in [7, 11) is 0. The molecular formula is C60H74FN7O12. The number of piperazine rings is 1. The molecule has 0 spiro atoms. The predicted octanol–water partition coefficient (Wildman–Crippen LogP) is 6.84. The highest BCUT2D eigenvalue weighted by Gasteiger charge is 2.34. The van der Waals surface area contributed by atoms with Crippen molar-refractivity contribution in [3.63, 3.8) is 0 Å². The van der Waals surface area contributed by atoms with Gasteiger partial charge in [0.1, 0.15) is 30.6 Å². The van der Waals surface area contributed by atoms with Crippen LogP contribution < -0.4 is 16.2 Å². The minimum Gasteiger partial charge on any atom is -0.448 e. The number of carbonyl (C=O) groups excluding carboxylic acids is 5. The number of nitrogens with zero attached hydrogens (tertiary/aromatic N) is 4. The van der Waals surface area contributed by atoms with Gasteiger partial charge < -0.3 is 48.9 Å². The Labute approximate surface area is 465 Å². The maximum atomic E-state index is 15.3. The number of fused-ring (bicyclic) bond motifs is 4. The lowest BCUT2D eigenvalue weighted by Gasteiger charge is -2.36. The first-order valence-electron chi connectivity index (χ1n) is 27.7. The van der Waals surface area contributed by atoms with E-state index in [0.717, 1.165) is 54.4 Å². The van der Waals surface area contributed by atoms with Gasteiger partial charge in [0.25, 0.3) is 11.5 Å². The lowest BCUT2D eigenvalue weighted by molar-refractivity contribution is -0.133. The van der Waals surface area contributed by atoms with Gasteiger partial charge in [-0.2, -0.15) is 5.10 Å². The second-order valence-corrected chi connectivity index (χ2v) is 21.2. The van der Waals surface area contributed by atoms with Gasteiger partial charge in [-0.3, -0.25) is 24.1 Å². The number of ether oxygens (including phenoxy) is 6. The van der Waals surface area contributed by atoms with Crippen molar-refractivity contribution in [2.45, 2.75) is 76.9 Å². The molecule has 8 rings (SSSR count). The molecule has 0 unspecified atom stereocenters. The number of nitrogens with one attached hydrogen (secondary N) is 3. The van der Waals surface area contributed by atoms with E-state index in [4.69, 9.17) is 28.4 Å². The van der Waals surface area contributed by atoms with E-state index in [1.807, 2.05) is 42.5 Å². The van der Waals surface area contributed by atoms with Crippen LogP contribution in [0.2, 0.25) is 0 Å². The summed E-state index contributed by atoms with van der Waals surface area (Å²) in [5.41, 5.74) is 4.40. The van der Waals surface area contributed by atoms with Crippen LogP contribution in [-0.2, 0) is 44.4 Å². The lowest BCUT2D eigenvalue weighted by Crippen LogP contribution is -2.53. The van der Waals surface area contributed by atoms with E-state index in [0.29, 0.717) is 48.5 Å². The topological polar surface area (TPSA) is 220 Å². The maximum absolute atomic E-state index is 15.3. The summed E-state index contributed by atoms with van der Waals surface area (Å²) < 4.78 is 49.5. The number of rotatable bonds is 25. The minimum atomic E-state index is -0.676. The summed E-state index contributed by atoms with van der Waals surface area (Å²) in [6, 6.07) is 26.8. The van der Waals surface area contributed by atoms with Crippen LogP contribution >= 0.6 is 0 Å². The number of alkyl carbamates (subject to hydrolysis) is 1. The molecule has 1 saturated carbocycles. The molecule has 1 aliphatic heterocycles. The van der Waals surface area contributed by atoms with Gasteiger partial charge in [0.05, 0.1) is 69.5 Å². The molecule has 5 aromatic rings. The van der Waals surface area contributed by atoms with E-state index in [-0.39, 0.29) is 120 Å². The summed E-state index contributed by atoms with van der Waals surface area (Å²) in [6.45, 7) is 8.19. The van der Waals surface area contributed by atoms with Crippen molar-refractivity contribution in [1.29, 1.82) is 0 Å². The molecule has 0 radical (unpaired) electrons. The zero-order valence-corrected chi connectivity index (χ0v) is 46.0. The Bertz CT molecular complexity index is 2930. The number of aromatic amines is 1. The van der Waals surface area contributed by atoms with Crippen LogP contribution in [0.3, 0.4) is 0 Å². The van der Waals surface area contributed by atoms with E-state index < -0.39 is 35.6 Å². The first-order valence-corrected chi connectivity index (χ1v) is 27.7. The molecule has 5 amide bonds. The van der Waals surface area contributed by atoms with Gasteiger partial charge in [0, 0.05) is 57.0 Å². The number of hydrogen-bond acceptors (Lipinski definition) is 13. The van der Waals surface area contributed by atoms with Crippen LogP contribution in [0.4, 0.5) is 14.0 Å². The standard InChI is InChI=1S/C60H74FN7O12/c1-60(2,3)80-58(73)63-54(42-13-5-4-6-14-42)56(71)62-23-29-75-31-33-77-35-36-78-34-32-76-30-28-68(59(74)79-40-50-45-17-9-7-15-43(45)44-16-8-10-18-46(44)50)39-53(69)66-24-26-67(27-25-66)57(72)49-37-41(21-22-51(49)61)38-52-47-19-11-12-20-48(47)55(70)65-64-52/h7-12,15-22,37,42,50,54H,4-6,13-14,23-36,38-40H2,1-3H3,(H,62,71)(H,63,73)(H,65,70)/t54-/m1/s1. The number of aromatic nitrogens is 2. The smallest absolute Gasteiger partial charge is 0.410 e. The van der Waals surface area contributed by atoms with Gasteiger partial charge in [0.2, 0.25) is 11.8 Å². The zero-order valence-electron chi connectivity index (χ0n) is 46.0. The third kappa shape index (κ3) is 16.2. The highest BCUT2D eigenvalue weighted by Crippen LogP contribution is 2.44. The molecule has 1 atom stereocenters. The van der Waals surface area contributed by atoms with E-state index in [1.54, 1.807) is 49.9 Å². The molecule has 80 heavy (non-hydrogen) atoms. The van der Waals surface area contributed by atoms with Gasteiger partial charge in [0.15, 0.2) is 0 Å². The first kappa shape index (κ1) is 58.9. The van der Waals surface area contributed by atoms with Crippen molar-refractivity contribution in [3.05, 3.63) is 135 Å². The van der Waals surface area contributed by atoms with Crippen molar-refractivity contribution < 1.29 is 56.8 Å². The van der Waals surface area contributed by atoms with Crippen LogP contribution in [0.5, 0.6) is 0 Å². The molecule has 1 saturated heterocycles. The van der Waals surface area contributed by atoms with E-state index >= 15 is 4.39 Å². The van der Waals surface area contributed by atoms with Crippen LogP contribution in [0.15, 0.2) is 95.8 Å². The number of amides is 5. The second-order valence-electron chi connectivity index (χ2n) is 21.2. The molecule has 2 aliphatic carbocycles. The molecule has 2 fully saturated rings. The number of carbonyl (C=O) groups is 5. The number of benzene rings is 4. The number of hydrogen-bond donors (Lipinski definition) is 3. The molecule has 3 N–H and O–H groups in total. The zero-order chi connectivity index (χ0) is 56.4. The molecule has 2 heterocycles. The SMILES string of the molecule is CC(C)(C)OC(=O)N[C@@H](C(=O)NCCOCCOCCOCCOCCN(CC(=O)N1CCN(C(=O)c2cc(Cc3n[nH]c(=O)c4ccccc34)ccc2F)CC1)C(=O)OCC1c2ccccc2-c2ccccc21)C1CCCCC1. The Morgan fingerprint density at radius 3 is 1.98 bits per heavy atom. The minimum absolute atomic E-state index is 0.0494. The predicted molar refractivity (Wildman–Crippen MR) is 297 cm³/mol. The third-order valence-electron chi connectivity index (χ3n) is 14.5. The fourth-order valence-corrected chi connectivity index (χ4v) is 10.5. The Morgan fingerprint density at radius 1 is 0.738 bits per heavy atom. The van der Waals surface area contributed by atoms with Gasteiger partial charge in [-0.1, -0.05) is 92.1 Å². The summed E-state index contributed by atoms with van der Waals surface area (Å²) in [5.74, 6) is -1.92. The second kappa shape index (κ2) is 28.8. The average Bonchev–Trinajstić information content (AvgIpc) is 3.79. The summed E-state index contributed by atoms with van der Waals surface area (Å²) in [6.07, 6.45) is 3.87. The van der Waals surface area contributed by atoms with Crippen molar-refractivity contribution in [1.82, 2.24) is 35.5 Å². The molecule has 3 aliphatic rings. The summed E-state index contributed by atoms with van der Waals surface area (Å²) in [5, 5.41) is 13.6. The normalized spacial score (nSPS) is 15.0. The Morgan fingerprint density at radius 2 is 1.32 bits per heavy atom. The first-order chi connectivity index (χ1) is 38.7. The Kier molecular flexibility index (Phi) is 21.2. The largest absolute Gasteiger partial charge is 0.448 e. The fourth-order valence-electron chi connectivity index (χ4n) is 10.5. The number of halogens is 1. The van der Waals surface area contributed by atoms with Gasteiger partial charge in [-0.25, -0.2) is 19.1 Å². The molecule has 1 aromatic heterocycles. The summed E-state index contributed by atoms with van der Waals surface area (Å²) >= 11 is 0. The van der Waals surface area contributed by atoms with Gasteiger partial charge in [-0.05, 0) is 85.5 Å². The van der Waals surface area contributed by atoms with E-state index in [1.165, 1.54) is 21.9 Å². The number of H-pyrrole nitrogens is 1. The molecular weight excluding hydrogens is 1030 g/mol. The van der Waals surface area contributed by atoms with Gasteiger partial charge in [-0.15, -0.1) is 0 Å². The molecule has 428 valence electrons. The molecule has 20 heteroatoms. The van der Waals surface area contributed by atoms with Crippen LogP contribution in [0, 0.1) is 11.7 Å². The lowest BCUT2D eigenvalue weighted by atomic mass is 9.83. The highest BCUT2D eigenvalue weighted by atomic mass is 19.1. The highest BCUT2D eigenvalue weighted by molar-refractivity contribution is 5.95. The van der Waals surface area contributed by atoms with Crippen molar-refractivity contribution >= 4 is 40.7 Å². The Hall–Kier alpha value is -7.26. The average molecular weight is 1100 g/mol. The van der Waals surface area contributed by atoms with Crippen LogP contribution in [0.25, 0.3) is 21.9 Å². The van der Waals surface area contributed by atoms with Gasteiger partial charge >= 0.3 is 12.2 Å².